The van der Waals surface area contributed by atoms with Crippen molar-refractivity contribution in [3.63, 3.8) is 0 Å². The van der Waals surface area contributed by atoms with E-state index >= 15 is 0 Å². The van der Waals surface area contributed by atoms with Crippen molar-refractivity contribution in [2.75, 3.05) is 5.32 Å². The number of nitrogens with zero attached hydrogens (tertiary/aromatic N) is 2. The Kier molecular flexibility index (Phi) is 5.83. The number of thiazole rings is 1. The molecule has 2 aromatic carbocycles. The van der Waals surface area contributed by atoms with Crippen LogP contribution < -0.4 is 10.9 Å². The SMILES string of the molecule is Cc1[nH]n(-c2nc(-c3ccccc3)cs2)c(=O)c1CCC(=O)Nc1cccc(Cl)c1. The van der Waals surface area contributed by atoms with E-state index in [-0.39, 0.29) is 17.9 Å². The number of nitrogens with one attached hydrogen (secondary N) is 2. The summed E-state index contributed by atoms with van der Waals surface area (Å²) in [7, 11) is 0. The number of hydrogen-bond donors (Lipinski definition) is 2. The van der Waals surface area contributed by atoms with Gasteiger partial charge in [-0.25, -0.2) is 4.98 Å². The zero-order valence-electron chi connectivity index (χ0n) is 16.2. The number of carbonyl (C=O) groups is 1. The molecule has 2 N–H and O–H groups in total. The maximum absolute atomic E-state index is 12.9. The highest BCUT2D eigenvalue weighted by Crippen LogP contribution is 2.23. The molecule has 4 rings (SSSR count). The molecule has 0 aliphatic carbocycles. The Labute approximate surface area is 182 Å². The minimum Gasteiger partial charge on any atom is -0.326 e. The number of anilines is 1. The van der Waals surface area contributed by atoms with Gasteiger partial charge in [0.2, 0.25) is 11.0 Å². The highest BCUT2D eigenvalue weighted by molar-refractivity contribution is 7.12. The lowest BCUT2D eigenvalue weighted by atomic mass is 10.1. The summed E-state index contributed by atoms with van der Waals surface area (Å²) in [6.07, 6.45) is 0.519. The van der Waals surface area contributed by atoms with E-state index < -0.39 is 0 Å². The lowest BCUT2D eigenvalue weighted by molar-refractivity contribution is -0.116. The van der Waals surface area contributed by atoms with Crippen molar-refractivity contribution in [2.45, 2.75) is 19.8 Å². The molecule has 2 aromatic heterocycles. The molecule has 0 atom stereocenters. The van der Waals surface area contributed by atoms with Crippen molar-refractivity contribution >= 4 is 34.5 Å². The van der Waals surface area contributed by atoms with Gasteiger partial charge in [-0.1, -0.05) is 48.0 Å². The summed E-state index contributed by atoms with van der Waals surface area (Å²) < 4.78 is 1.44. The number of aryl methyl sites for hydroxylation is 1. The summed E-state index contributed by atoms with van der Waals surface area (Å²) in [5.41, 5.74) is 3.56. The summed E-state index contributed by atoms with van der Waals surface area (Å²) in [4.78, 5) is 29.8. The third-order valence-corrected chi connectivity index (χ3v) is 5.72. The van der Waals surface area contributed by atoms with E-state index in [1.807, 2.05) is 42.6 Å². The van der Waals surface area contributed by atoms with E-state index in [1.165, 1.54) is 16.0 Å². The predicted octanol–water partition coefficient (Wildman–Crippen LogP) is 4.82. The average Bonchev–Trinajstić information content (AvgIpc) is 3.32. The topological polar surface area (TPSA) is 79.8 Å². The van der Waals surface area contributed by atoms with Gasteiger partial charge in [0.25, 0.3) is 5.56 Å². The maximum Gasteiger partial charge on any atom is 0.276 e. The van der Waals surface area contributed by atoms with Gasteiger partial charge in [-0.3, -0.25) is 14.7 Å². The molecular weight excluding hydrogens is 420 g/mol. The molecule has 0 bridgehead atoms. The van der Waals surface area contributed by atoms with Crippen molar-refractivity contribution in [3.8, 4) is 16.4 Å². The first-order valence-electron chi connectivity index (χ1n) is 9.38. The van der Waals surface area contributed by atoms with E-state index in [0.717, 1.165) is 17.0 Å². The molecule has 0 radical (unpaired) electrons. The van der Waals surface area contributed by atoms with Gasteiger partial charge in [0.05, 0.1) is 5.69 Å². The molecular formula is C22H19ClN4O2S. The zero-order valence-corrected chi connectivity index (χ0v) is 17.8. The molecule has 0 aliphatic heterocycles. The number of benzene rings is 2. The van der Waals surface area contributed by atoms with E-state index in [0.29, 0.717) is 27.8 Å². The number of halogens is 1. The van der Waals surface area contributed by atoms with Crippen molar-refractivity contribution < 1.29 is 4.79 Å². The number of carbonyl (C=O) groups excluding carboxylic acids is 1. The van der Waals surface area contributed by atoms with Crippen LogP contribution in [0.15, 0.2) is 64.8 Å². The van der Waals surface area contributed by atoms with Crippen LogP contribution in [0.3, 0.4) is 0 Å². The van der Waals surface area contributed by atoms with E-state index in [2.05, 4.69) is 15.4 Å². The van der Waals surface area contributed by atoms with Crippen molar-refractivity contribution in [1.82, 2.24) is 14.8 Å². The van der Waals surface area contributed by atoms with Crippen molar-refractivity contribution in [2.24, 2.45) is 0 Å². The summed E-state index contributed by atoms with van der Waals surface area (Å²) >= 11 is 7.33. The summed E-state index contributed by atoms with van der Waals surface area (Å²) in [5, 5.41) is 8.92. The Bertz CT molecular complexity index is 1240. The van der Waals surface area contributed by atoms with Gasteiger partial charge in [-0.2, -0.15) is 4.68 Å². The van der Waals surface area contributed by atoms with E-state index in [4.69, 9.17) is 11.6 Å². The smallest absolute Gasteiger partial charge is 0.276 e. The highest BCUT2D eigenvalue weighted by Gasteiger charge is 2.16. The number of aromatic amines is 1. The maximum atomic E-state index is 12.9. The van der Waals surface area contributed by atoms with Gasteiger partial charge in [0, 0.05) is 39.3 Å². The zero-order chi connectivity index (χ0) is 21.1. The Morgan fingerprint density at radius 3 is 2.77 bits per heavy atom. The second-order valence-electron chi connectivity index (χ2n) is 6.80. The summed E-state index contributed by atoms with van der Waals surface area (Å²) in [5.74, 6) is -0.176. The molecule has 0 saturated heterocycles. The van der Waals surface area contributed by atoms with Gasteiger partial charge in [0.15, 0.2) is 0 Å². The molecule has 0 fully saturated rings. The van der Waals surface area contributed by atoms with Crippen LogP contribution in [-0.2, 0) is 11.2 Å². The van der Waals surface area contributed by atoms with Gasteiger partial charge in [-0.15, -0.1) is 11.3 Å². The van der Waals surface area contributed by atoms with Crippen LogP contribution >= 0.6 is 22.9 Å². The number of hydrogen-bond acceptors (Lipinski definition) is 4. The minimum atomic E-state index is -0.183. The van der Waals surface area contributed by atoms with Crippen molar-refractivity contribution in [1.29, 1.82) is 0 Å². The molecule has 0 aliphatic rings. The fraction of sp³-hybridized carbons (Fsp3) is 0.136. The standard InChI is InChI=1S/C22H19ClN4O2S/c1-14-18(10-11-20(28)24-17-9-5-8-16(23)12-17)21(29)27(26-14)22-25-19(13-30-22)15-6-3-2-4-7-15/h2-9,12-13,26H,10-11H2,1H3,(H,24,28). The molecule has 6 nitrogen and oxygen atoms in total. The Hall–Kier alpha value is -3.16. The van der Waals surface area contributed by atoms with E-state index in [1.54, 1.807) is 24.3 Å². The normalized spacial score (nSPS) is 10.9. The lowest BCUT2D eigenvalue weighted by Gasteiger charge is -2.05. The molecule has 152 valence electrons. The van der Waals surface area contributed by atoms with E-state index in [9.17, 15) is 9.59 Å². The van der Waals surface area contributed by atoms with Crippen LogP contribution in [0.5, 0.6) is 0 Å². The number of H-pyrrole nitrogens is 1. The average molecular weight is 439 g/mol. The van der Waals surface area contributed by atoms with Crippen LogP contribution in [0.1, 0.15) is 17.7 Å². The first-order chi connectivity index (χ1) is 14.5. The molecule has 4 aromatic rings. The third-order valence-electron chi connectivity index (χ3n) is 4.66. The molecule has 1 amide bonds. The molecule has 2 heterocycles. The first-order valence-corrected chi connectivity index (χ1v) is 10.6. The van der Waals surface area contributed by atoms with Crippen LogP contribution in [0.4, 0.5) is 5.69 Å². The Balaban J connectivity index is 1.48. The molecule has 0 saturated carbocycles. The van der Waals surface area contributed by atoms with Crippen LogP contribution in [0.2, 0.25) is 5.02 Å². The Morgan fingerprint density at radius 1 is 1.20 bits per heavy atom. The van der Waals surface area contributed by atoms with Gasteiger partial charge < -0.3 is 5.32 Å². The number of aromatic nitrogens is 3. The van der Waals surface area contributed by atoms with Gasteiger partial charge >= 0.3 is 0 Å². The van der Waals surface area contributed by atoms with Crippen LogP contribution in [0, 0.1) is 6.92 Å². The van der Waals surface area contributed by atoms with Gasteiger partial charge in [-0.05, 0) is 31.5 Å². The predicted molar refractivity (Wildman–Crippen MR) is 121 cm³/mol. The fourth-order valence-electron chi connectivity index (χ4n) is 3.15. The molecule has 0 spiro atoms. The second kappa shape index (κ2) is 8.69. The molecule has 0 unspecified atom stereocenters. The first kappa shape index (κ1) is 20.1. The summed E-state index contributed by atoms with van der Waals surface area (Å²) in [6.45, 7) is 1.83. The van der Waals surface area contributed by atoms with Crippen LogP contribution in [0.25, 0.3) is 16.4 Å². The third kappa shape index (κ3) is 4.37. The quantitative estimate of drug-likeness (QED) is 0.452. The monoisotopic (exact) mass is 438 g/mol. The van der Waals surface area contributed by atoms with Crippen molar-refractivity contribution in [3.05, 3.63) is 86.6 Å². The number of amides is 1. The molecule has 30 heavy (non-hydrogen) atoms. The minimum absolute atomic E-state index is 0.176. The Morgan fingerprint density at radius 2 is 2.00 bits per heavy atom. The summed E-state index contributed by atoms with van der Waals surface area (Å²) in [6, 6.07) is 16.8. The van der Waals surface area contributed by atoms with Gasteiger partial charge in [0.1, 0.15) is 0 Å². The number of rotatable bonds is 6. The largest absolute Gasteiger partial charge is 0.326 e. The highest BCUT2D eigenvalue weighted by atomic mass is 35.5. The fourth-order valence-corrected chi connectivity index (χ4v) is 4.13. The molecule has 8 heteroatoms. The lowest BCUT2D eigenvalue weighted by Crippen LogP contribution is -2.19. The second-order valence-corrected chi connectivity index (χ2v) is 8.07. The van der Waals surface area contributed by atoms with Crippen LogP contribution in [-0.4, -0.2) is 20.7 Å².